The number of esters is 1. The molecule has 2 aromatic carbocycles. The van der Waals surface area contributed by atoms with Crippen LogP contribution in [-0.2, 0) is 0 Å². The van der Waals surface area contributed by atoms with Crippen LogP contribution in [0.5, 0.6) is 11.5 Å². The Balaban J connectivity index is 2.24. The molecule has 0 amide bonds. The topological polar surface area (TPSA) is 72.8 Å². The molecule has 0 spiro atoms. The van der Waals surface area contributed by atoms with Crippen LogP contribution in [0.2, 0.25) is 0 Å². The van der Waals surface area contributed by atoms with Crippen LogP contribution in [0.4, 0.5) is 0 Å². The molecule has 22 heavy (non-hydrogen) atoms. The number of carboxylic acid groups (broad SMARTS) is 1. The van der Waals surface area contributed by atoms with Gasteiger partial charge in [0.2, 0.25) is 0 Å². The quantitative estimate of drug-likeness (QED) is 0.645. The third-order valence-electron chi connectivity index (χ3n) is 2.79. The van der Waals surface area contributed by atoms with Crippen LogP contribution in [0.25, 0.3) is 0 Å². The summed E-state index contributed by atoms with van der Waals surface area (Å²) in [5.74, 6) is -0.956. The van der Waals surface area contributed by atoms with Gasteiger partial charge in [-0.1, -0.05) is 12.1 Å². The lowest BCUT2D eigenvalue weighted by Crippen LogP contribution is -2.11. The summed E-state index contributed by atoms with van der Waals surface area (Å²) in [6, 6.07) is 10.9. The summed E-state index contributed by atoms with van der Waals surface area (Å²) in [6.45, 7) is 2.25. The second kappa shape index (κ2) is 7.09. The summed E-state index contributed by atoms with van der Waals surface area (Å²) < 4.78 is 11.1. The van der Waals surface area contributed by atoms with Crippen LogP contribution in [-0.4, -0.2) is 23.7 Å². The Labute approximate surface area is 135 Å². The van der Waals surface area contributed by atoms with E-state index in [0.29, 0.717) is 22.4 Å². The van der Waals surface area contributed by atoms with Crippen molar-refractivity contribution in [2.24, 2.45) is 0 Å². The SMILES string of the molecule is CCOc1ccccc1C(=O)Oc1ccc(C(=O)O)cc1Br. The Bertz CT molecular complexity index is 711. The number of aromatic carboxylic acids is 1. The summed E-state index contributed by atoms with van der Waals surface area (Å²) in [4.78, 5) is 23.1. The fourth-order valence-electron chi connectivity index (χ4n) is 1.79. The fourth-order valence-corrected chi connectivity index (χ4v) is 2.25. The molecule has 0 aliphatic heterocycles. The van der Waals surface area contributed by atoms with E-state index < -0.39 is 11.9 Å². The highest BCUT2D eigenvalue weighted by molar-refractivity contribution is 9.10. The first-order valence-corrected chi connectivity index (χ1v) is 7.29. The van der Waals surface area contributed by atoms with Gasteiger partial charge in [-0.25, -0.2) is 9.59 Å². The van der Waals surface area contributed by atoms with Crippen molar-refractivity contribution in [1.82, 2.24) is 0 Å². The van der Waals surface area contributed by atoms with E-state index in [1.54, 1.807) is 24.3 Å². The summed E-state index contributed by atoms with van der Waals surface area (Å²) in [6.07, 6.45) is 0. The highest BCUT2D eigenvalue weighted by Gasteiger charge is 2.16. The molecule has 0 radical (unpaired) electrons. The largest absolute Gasteiger partial charge is 0.493 e. The molecule has 0 aliphatic carbocycles. The predicted octanol–water partition coefficient (Wildman–Crippen LogP) is 3.77. The summed E-state index contributed by atoms with van der Waals surface area (Å²) in [7, 11) is 0. The monoisotopic (exact) mass is 364 g/mol. The molecule has 0 aromatic heterocycles. The zero-order valence-corrected chi connectivity index (χ0v) is 13.3. The Hall–Kier alpha value is -2.34. The molecule has 2 rings (SSSR count). The molecular weight excluding hydrogens is 352 g/mol. The maximum atomic E-state index is 12.2. The Morgan fingerprint density at radius 3 is 2.50 bits per heavy atom. The molecule has 0 fully saturated rings. The van der Waals surface area contributed by atoms with Gasteiger partial charge in [-0.05, 0) is 53.2 Å². The molecule has 0 saturated carbocycles. The van der Waals surface area contributed by atoms with Crippen molar-refractivity contribution >= 4 is 27.9 Å². The average Bonchev–Trinajstić information content (AvgIpc) is 2.50. The minimum Gasteiger partial charge on any atom is -0.493 e. The third-order valence-corrected chi connectivity index (χ3v) is 3.41. The van der Waals surface area contributed by atoms with Crippen LogP contribution >= 0.6 is 15.9 Å². The van der Waals surface area contributed by atoms with E-state index >= 15 is 0 Å². The van der Waals surface area contributed by atoms with Crippen molar-refractivity contribution in [2.75, 3.05) is 6.61 Å². The van der Waals surface area contributed by atoms with Gasteiger partial charge >= 0.3 is 11.9 Å². The fraction of sp³-hybridized carbons (Fsp3) is 0.125. The zero-order valence-electron chi connectivity index (χ0n) is 11.7. The molecule has 0 aliphatic rings. The van der Waals surface area contributed by atoms with Gasteiger partial charge in [-0.15, -0.1) is 0 Å². The number of carboxylic acids is 1. The van der Waals surface area contributed by atoms with E-state index in [4.69, 9.17) is 14.6 Å². The standard InChI is InChI=1S/C16H13BrO5/c1-2-21-13-6-4-3-5-11(13)16(20)22-14-8-7-10(15(18)19)9-12(14)17/h3-9H,2H2,1H3,(H,18,19). The van der Waals surface area contributed by atoms with Gasteiger partial charge in [-0.2, -0.15) is 0 Å². The van der Waals surface area contributed by atoms with E-state index in [1.165, 1.54) is 18.2 Å². The van der Waals surface area contributed by atoms with Crippen LogP contribution in [0.15, 0.2) is 46.9 Å². The van der Waals surface area contributed by atoms with Gasteiger partial charge in [0.1, 0.15) is 17.1 Å². The normalized spacial score (nSPS) is 10.1. The highest BCUT2D eigenvalue weighted by Crippen LogP contribution is 2.28. The summed E-state index contributed by atoms with van der Waals surface area (Å²) in [5.41, 5.74) is 0.403. The third kappa shape index (κ3) is 3.65. The van der Waals surface area contributed by atoms with Crippen LogP contribution in [0, 0.1) is 0 Å². The maximum absolute atomic E-state index is 12.2. The van der Waals surface area contributed by atoms with E-state index in [0.717, 1.165) is 0 Å². The lowest BCUT2D eigenvalue weighted by Gasteiger charge is -2.10. The van der Waals surface area contributed by atoms with Crippen molar-refractivity contribution in [3.63, 3.8) is 0 Å². The van der Waals surface area contributed by atoms with Gasteiger partial charge in [0.15, 0.2) is 0 Å². The van der Waals surface area contributed by atoms with Crippen molar-refractivity contribution in [1.29, 1.82) is 0 Å². The second-order valence-corrected chi connectivity index (χ2v) is 5.12. The van der Waals surface area contributed by atoms with Gasteiger partial charge in [0, 0.05) is 0 Å². The predicted molar refractivity (Wildman–Crippen MR) is 83.7 cm³/mol. The molecule has 5 nitrogen and oxygen atoms in total. The number of carbonyl (C=O) groups is 2. The van der Waals surface area contributed by atoms with Crippen molar-refractivity contribution in [3.05, 3.63) is 58.1 Å². The Kier molecular flexibility index (Phi) is 5.16. The lowest BCUT2D eigenvalue weighted by atomic mass is 10.2. The number of carbonyl (C=O) groups excluding carboxylic acids is 1. The van der Waals surface area contributed by atoms with E-state index in [-0.39, 0.29) is 11.3 Å². The molecule has 0 saturated heterocycles. The first-order chi connectivity index (χ1) is 10.5. The molecule has 114 valence electrons. The molecule has 6 heteroatoms. The smallest absolute Gasteiger partial charge is 0.347 e. The summed E-state index contributed by atoms with van der Waals surface area (Å²) >= 11 is 3.19. The van der Waals surface area contributed by atoms with Crippen LogP contribution < -0.4 is 9.47 Å². The molecule has 0 heterocycles. The van der Waals surface area contributed by atoms with Crippen molar-refractivity contribution < 1.29 is 24.2 Å². The minimum absolute atomic E-state index is 0.0985. The van der Waals surface area contributed by atoms with Gasteiger partial charge in [0.05, 0.1) is 16.6 Å². The van der Waals surface area contributed by atoms with E-state index in [2.05, 4.69) is 15.9 Å². The van der Waals surface area contributed by atoms with E-state index in [9.17, 15) is 9.59 Å². The van der Waals surface area contributed by atoms with E-state index in [1.807, 2.05) is 6.92 Å². The molecular formula is C16H13BrO5. The van der Waals surface area contributed by atoms with Gasteiger partial charge in [0.25, 0.3) is 0 Å². The van der Waals surface area contributed by atoms with Crippen LogP contribution in [0.3, 0.4) is 0 Å². The van der Waals surface area contributed by atoms with Crippen molar-refractivity contribution in [3.8, 4) is 11.5 Å². The number of benzene rings is 2. The number of hydrogen-bond donors (Lipinski definition) is 1. The second-order valence-electron chi connectivity index (χ2n) is 4.27. The highest BCUT2D eigenvalue weighted by atomic mass is 79.9. The van der Waals surface area contributed by atoms with Gasteiger partial charge in [-0.3, -0.25) is 0 Å². The molecule has 0 bridgehead atoms. The van der Waals surface area contributed by atoms with Crippen molar-refractivity contribution in [2.45, 2.75) is 6.92 Å². The lowest BCUT2D eigenvalue weighted by molar-refractivity contribution is 0.0696. The molecule has 0 atom stereocenters. The average molecular weight is 365 g/mol. The molecule has 2 aromatic rings. The maximum Gasteiger partial charge on any atom is 0.347 e. The summed E-state index contributed by atoms with van der Waals surface area (Å²) in [5, 5.41) is 8.91. The number of halogens is 1. The first kappa shape index (κ1) is 16.0. The first-order valence-electron chi connectivity index (χ1n) is 6.49. The number of rotatable bonds is 5. The number of para-hydroxylation sites is 1. The Morgan fingerprint density at radius 2 is 1.86 bits per heavy atom. The van der Waals surface area contributed by atoms with Crippen LogP contribution in [0.1, 0.15) is 27.6 Å². The van der Waals surface area contributed by atoms with Gasteiger partial charge < -0.3 is 14.6 Å². The zero-order chi connectivity index (χ0) is 16.1. The molecule has 0 unspecified atom stereocenters. The molecule has 1 N–H and O–H groups in total. The Morgan fingerprint density at radius 1 is 1.14 bits per heavy atom. The number of hydrogen-bond acceptors (Lipinski definition) is 4. The number of ether oxygens (including phenoxy) is 2. The minimum atomic E-state index is -1.06.